The quantitative estimate of drug-likeness (QED) is 0.728. The third-order valence-corrected chi connectivity index (χ3v) is 2.67. The Kier molecular flexibility index (Phi) is 6.32. The van der Waals surface area contributed by atoms with Crippen molar-refractivity contribution in [2.75, 3.05) is 26.9 Å². The second-order valence-corrected chi connectivity index (χ2v) is 4.33. The number of amides is 1. The molecular formula is C14H21NO4. The molecule has 106 valence electrons. The van der Waals surface area contributed by atoms with E-state index in [0.717, 1.165) is 11.1 Å². The lowest BCUT2D eigenvalue weighted by Gasteiger charge is -2.12. The number of aliphatic hydroxyl groups is 1. The van der Waals surface area contributed by atoms with Crippen LogP contribution in [0, 0.1) is 6.92 Å². The van der Waals surface area contributed by atoms with E-state index in [1.54, 1.807) is 26.2 Å². The molecule has 0 saturated carbocycles. The predicted molar refractivity (Wildman–Crippen MR) is 72.2 cm³/mol. The van der Waals surface area contributed by atoms with E-state index < -0.39 is 6.10 Å². The largest absolute Gasteiger partial charge is 0.484 e. The molecule has 0 aliphatic carbocycles. The maximum Gasteiger partial charge on any atom is 0.258 e. The molecule has 0 fully saturated rings. The summed E-state index contributed by atoms with van der Waals surface area (Å²) in [5.41, 5.74) is 1.72. The molecule has 0 saturated heterocycles. The van der Waals surface area contributed by atoms with Crippen molar-refractivity contribution in [1.82, 2.24) is 5.32 Å². The highest BCUT2D eigenvalue weighted by atomic mass is 16.5. The molecule has 1 amide bonds. The average molecular weight is 267 g/mol. The number of benzene rings is 1. The van der Waals surface area contributed by atoms with Crippen molar-refractivity contribution in [2.45, 2.75) is 20.0 Å². The lowest BCUT2D eigenvalue weighted by atomic mass is 10.1. The fourth-order valence-corrected chi connectivity index (χ4v) is 1.58. The van der Waals surface area contributed by atoms with Crippen molar-refractivity contribution >= 4 is 5.91 Å². The van der Waals surface area contributed by atoms with E-state index in [9.17, 15) is 9.90 Å². The number of aryl methyl sites for hydroxylation is 1. The van der Waals surface area contributed by atoms with Crippen LogP contribution in [0.5, 0.6) is 5.75 Å². The van der Waals surface area contributed by atoms with Crippen LogP contribution in [0.2, 0.25) is 0 Å². The van der Waals surface area contributed by atoms with Crippen LogP contribution >= 0.6 is 0 Å². The highest BCUT2D eigenvalue weighted by Crippen LogP contribution is 2.22. The molecular weight excluding hydrogens is 246 g/mol. The average Bonchev–Trinajstić information content (AvgIpc) is 2.37. The second kappa shape index (κ2) is 7.76. The van der Waals surface area contributed by atoms with E-state index >= 15 is 0 Å². The minimum Gasteiger partial charge on any atom is -0.484 e. The summed E-state index contributed by atoms with van der Waals surface area (Å²) in [4.78, 5) is 11.4. The SMILES string of the molecule is COCCNC(=O)COc1ccc([C@H](C)O)cc1C. The van der Waals surface area contributed by atoms with Gasteiger partial charge in [-0.15, -0.1) is 0 Å². The Morgan fingerprint density at radius 2 is 2.21 bits per heavy atom. The van der Waals surface area contributed by atoms with Crippen LogP contribution in [0.3, 0.4) is 0 Å². The summed E-state index contributed by atoms with van der Waals surface area (Å²) in [6.45, 7) is 4.51. The second-order valence-electron chi connectivity index (χ2n) is 4.33. The standard InChI is InChI=1S/C14H21NO4/c1-10-8-12(11(2)16)4-5-13(10)19-9-14(17)15-6-7-18-3/h4-5,8,11,16H,6-7,9H2,1-3H3,(H,15,17)/t11-/m0/s1. The first-order chi connectivity index (χ1) is 9.04. The number of methoxy groups -OCH3 is 1. The van der Waals surface area contributed by atoms with E-state index in [4.69, 9.17) is 9.47 Å². The van der Waals surface area contributed by atoms with E-state index in [-0.39, 0.29) is 12.5 Å². The monoisotopic (exact) mass is 267 g/mol. The van der Waals surface area contributed by atoms with Crippen molar-refractivity contribution in [3.63, 3.8) is 0 Å². The first-order valence-corrected chi connectivity index (χ1v) is 6.21. The number of nitrogens with one attached hydrogen (secondary N) is 1. The molecule has 0 bridgehead atoms. The molecule has 0 aromatic heterocycles. The lowest BCUT2D eigenvalue weighted by Crippen LogP contribution is -2.31. The molecule has 0 aliphatic heterocycles. The van der Waals surface area contributed by atoms with Gasteiger partial charge in [-0.25, -0.2) is 0 Å². The summed E-state index contributed by atoms with van der Waals surface area (Å²) in [6, 6.07) is 5.40. The van der Waals surface area contributed by atoms with E-state index in [0.29, 0.717) is 18.9 Å². The van der Waals surface area contributed by atoms with Gasteiger partial charge in [-0.1, -0.05) is 6.07 Å². The Morgan fingerprint density at radius 1 is 1.47 bits per heavy atom. The fourth-order valence-electron chi connectivity index (χ4n) is 1.58. The number of aliphatic hydroxyl groups excluding tert-OH is 1. The molecule has 2 N–H and O–H groups in total. The maximum absolute atomic E-state index is 11.4. The molecule has 19 heavy (non-hydrogen) atoms. The van der Waals surface area contributed by atoms with Gasteiger partial charge in [0.25, 0.3) is 5.91 Å². The van der Waals surface area contributed by atoms with Crippen LogP contribution in [0.4, 0.5) is 0 Å². The molecule has 0 unspecified atom stereocenters. The highest BCUT2D eigenvalue weighted by Gasteiger charge is 2.07. The maximum atomic E-state index is 11.4. The summed E-state index contributed by atoms with van der Waals surface area (Å²) in [5, 5.41) is 12.1. The van der Waals surface area contributed by atoms with Gasteiger partial charge >= 0.3 is 0 Å². The number of rotatable bonds is 7. The van der Waals surface area contributed by atoms with E-state index in [1.165, 1.54) is 0 Å². The fraction of sp³-hybridized carbons (Fsp3) is 0.500. The highest BCUT2D eigenvalue weighted by molar-refractivity contribution is 5.77. The molecule has 1 aromatic rings. The molecule has 0 aliphatic rings. The number of hydrogen-bond donors (Lipinski definition) is 2. The summed E-state index contributed by atoms with van der Waals surface area (Å²) in [6.07, 6.45) is -0.509. The predicted octanol–water partition coefficient (Wildman–Crippen LogP) is 1.19. The number of ether oxygens (including phenoxy) is 2. The van der Waals surface area contributed by atoms with Crippen LogP contribution < -0.4 is 10.1 Å². The van der Waals surface area contributed by atoms with Crippen molar-refractivity contribution in [2.24, 2.45) is 0 Å². The number of carbonyl (C=O) groups is 1. The van der Waals surface area contributed by atoms with Crippen LogP contribution in [0.15, 0.2) is 18.2 Å². The third kappa shape index (κ3) is 5.28. The Bertz CT molecular complexity index is 418. The summed E-state index contributed by atoms with van der Waals surface area (Å²) >= 11 is 0. The van der Waals surface area contributed by atoms with Gasteiger partial charge in [0, 0.05) is 13.7 Å². The van der Waals surface area contributed by atoms with Gasteiger partial charge in [-0.05, 0) is 37.1 Å². The zero-order valence-electron chi connectivity index (χ0n) is 11.6. The first kappa shape index (κ1) is 15.5. The van der Waals surface area contributed by atoms with Gasteiger partial charge in [0.2, 0.25) is 0 Å². The van der Waals surface area contributed by atoms with E-state index in [2.05, 4.69) is 5.32 Å². The Morgan fingerprint density at radius 3 is 2.79 bits per heavy atom. The number of hydrogen-bond acceptors (Lipinski definition) is 4. The van der Waals surface area contributed by atoms with Gasteiger partial charge in [0.05, 0.1) is 12.7 Å². The minimum atomic E-state index is -0.509. The van der Waals surface area contributed by atoms with Crippen LogP contribution in [0.1, 0.15) is 24.2 Å². The normalized spacial score (nSPS) is 12.0. The molecule has 5 nitrogen and oxygen atoms in total. The third-order valence-electron chi connectivity index (χ3n) is 2.67. The first-order valence-electron chi connectivity index (χ1n) is 6.21. The van der Waals surface area contributed by atoms with Gasteiger partial charge in [-0.3, -0.25) is 4.79 Å². The lowest BCUT2D eigenvalue weighted by molar-refractivity contribution is -0.123. The molecule has 1 aromatic carbocycles. The molecule has 0 radical (unpaired) electrons. The van der Waals surface area contributed by atoms with Gasteiger partial charge in [0.1, 0.15) is 5.75 Å². The minimum absolute atomic E-state index is 0.0292. The molecule has 0 spiro atoms. The Balaban J connectivity index is 2.47. The van der Waals surface area contributed by atoms with E-state index in [1.807, 2.05) is 13.0 Å². The topological polar surface area (TPSA) is 67.8 Å². The summed E-state index contributed by atoms with van der Waals surface area (Å²) in [7, 11) is 1.58. The van der Waals surface area contributed by atoms with Gasteiger partial charge in [0.15, 0.2) is 6.61 Å². The van der Waals surface area contributed by atoms with Crippen molar-refractivity contribution in [3.8, 4) is 5.75 Å². The van der Waals surface area contributed by atoms with Crippen molar-refractivity contribution in [1.29, 1.82) is 0 Å². The van der Waals surface area contributed by atoms with Crippen molar-refractivity contribution in [3.05, 3.63) is 29.3 Å². The van der Waals surface area contributed by atoms with Crippen LogP contribution in [0.25, 0.3) is 0 Å². The molecule has 1 rings (SSSR count). The summed E-state index contributed by atoms with van der Waals surface area (Å²) < 4.78 is 10.3. The zero-order chi connectivity index (χ0) is 14.3. The van der Waals surface area contributed by atoms with Crippen LogP contribution in [-0.2, 0) is 9.53 Å². The Labute approximate surface area is 113 Å². The number of carbonyl (C=O) groups excluding carboxylic acids is 1. The molecule has 5 heteroatoms. The molecule has 0 heterocycles. The smallest absolute Gasteiger partial charge is 0.258 e. The van der Waals surface area contributed by atoms with Gasteiger partial charge in [-0.2, -0.15) is 0 Å². The van der Waals surface area contributed by atoms with Crippen molar-refractivity contribution < 1.29 is 19.4 Å². The Hall–Kier alpha value is -1.59. The molecule has 1 atom stereocenters. The van der Waals surface area contributed by atoms with Gasteiger partial charge < -0.3 is 19.9 Å². The summed E-state index contributed by atoms with van der Waals surface area (Å²) in [5.74, 6) is 0.461. The zero-order valence-corrected chi connectivity index (χ0v) is 11.6. The van der Waals surface area contributed by atoms with Crippen LogP contribution in [-0.4, -0.2) is 37.9 Å².